The first kappa shape index (κ1) is 19.7. The van der Waals surface area contributed by atoms with Crippen LogP contribution < -0.4 is 4.90 Å². The number of hydrogen-bond acceptors (Lipinski definition) is 2. The van der Waals surface area contributed by atoms with Gasteiger partial charge in [0.2, 0.25) is 0 Å². The van der Waals surface area contributed by atoms with Gasteiger partial charge in [-0.1, -0.05) is 59.6 Å². The van der Waals surface area contributed by atoms with Crippen molar-refractivity contribution >= 4 is 34.5 Å². The maximum Gasteiger partial charge on any atom is 0.0954 e. The van der Waals surface area contributed by atoms with Gasteiger partial charge in [-0.15, -0.1) is 0 Å². The van der Waals surface area contributed by atoms with Gasteiger partial charge in [-0.05, 0) is 64.6 Å². The van der Waals surface area contributed by atoms with Gasteiger partial charge < -0.3 is 9.47 Å². The van der Waals surface area contributed by atoms with Crippen LogP contribution in [0.4, 0.5) is 5.69 Å². The highest BCUT2D eigenvalue weighted by molar-refractivity contribution is 6.31. The highest BCUT2D eigenvalue weighted by atomic mass is 35.5. The summed E-state index contributed by atoms with van der Waals surface area (Å²) in [6, 6.07) is 21.0. The molecule has 1 atom stereocenters. The van der Waals surface area contributed by atoms with Crippen molar-refractivity contribution in [3.05, 3.63) is 123 Å². The molecule has 0 fully saturated rings. The summed E-state index contributed by atoms with van der Waals surface area (Å²) in [4.78, 5) is 6.81. The number of benzene rings is 3. The second kappa shape index (κ2) is 7.84. The molecule has 4 aromatic rings. The van der Waals surface area contributed by atoms with Crippen LogP contribution in [0.25, 0.3) is 5.57 Å². The normalized spacial score (nSPS) is 15.4. The summed E-state index contributed by atoms with van der Waals surface area (Å²) in [5.41, 5.74) is 8.89. The van der Waals surface area contributed by atoms with Gasteiger partial charge in [0.15, 0.2) is 0 Å². The van der Waals surface area contributed by atoms with E-state index in [4.69, 9.17) is 23.2 Å². The molecule has 0 spiro atoms. The van der Waals surface area contributed by atoms with Crippen LogP contribution in [-0.2, 0) is 6.42 Å². The summed E-state index contributed by atoms with van der Waals surface area (Å²) in [6.45, 7) is 1.99. The molecule has 0 bridgehead atoms. The van der Waals surface area contributed by atoms with Crippen LogP contribution in [0.3, 0.4) is 0 Å². The third-order valence-electron chi connectivity index (χ3n) is 6.44. The molecule has 3 nitrogen and oxygen atoms in total. The van der Waals surface area contributed by atoms with Gasteiger partial charge in [-0.3, -0.25) is 0 Å². The van der Waals surface area contributed by atoms with Crippen LogP contribution in [0.15, 0.2) is 85.5 Å². The molecule has 6 rings (SSSR count). The van der Waals surface area contributed by atoms with E-state index in [2.05, 4.69) is 56.9 Å². The maximum absolute atomic E-state index is 6.35. The lowest BCUT2D eigenvalue weighted by Crippen LogP contribution is -2.24. The number of anilines is 1. The van der Waals surface area contributed by atoms with Crippen molar-refractivity contribution in [2.45, 2.75) is 12.5 Å². The lowest BCUT2D eigenvalue weighted by Gasteiger charge is -2.29. The Kier molecular flexibility index (Phi) is 4.82. The lowest BCUT2D eigenvalue weighted by atomic mass is 9.87. The molecule has 0 amide bonds. The van der Waals surface area contributed by atoms with Gasteiger partial charge in [-0.25, -0.2) is 4.98 Å². The predicted octanol–water partition coefficient (Wildman–Crippen LogP) is 6.64. The van der Waals surface area contributed by atoms with Crippen LogP contribution >= 0.6 is 23.2 Å². The number of hydrogen-bond donors (Lipinski definition) is 0. The molecule has 3 aromatic carbocycles. The molecule has 32 heavy (non-hydrogen) atoms. The molecule has 2 aliphatic heterocycles. The Balaban J connectivity index is 1.55. The summed E-state index contributed by atoms with van der Waals surface area (Å²) >= 11 is 12.5. The molecule has 1 unspecified atom stereocenters. The number of halogens is 2. The van der Waals surface area contributed by atoms with E-state index in [9.17, 15) is 0 Å². The first-order valence-corrected chi connectivity index (χ1v) is 11.5. The average Bonchev–Trinajstić information content (AvgIpc) is 3.47. The van der Waals surface area contributed by atoms with Crippen molar-refractivity contribution < 1.29 is 0 Å². The number of imidazole rings is 1. The maximum atomic E-state index is 6.35. The summed E-state index contributed by atoms with van der Waals surface area (Å²) in [6.07, 6.45) is 9.14. The van der Waals surface area contributed by atoms with Gasteiger partial charge in [0.05, 0.1) is 12.4 Å². The molecule has 0 aliphatic carbocycles. The van der Waals surface area contributed by atoms with Crippen LogP contribution in [0.5, 0.6) is 0 Å². The fourth-order valence-electron chi connectivity index (χ4n) is 5.04. The second-order valence-corrected chi connectivity index (χ2v) is 9.24. The van der Waals surface area contributed by atoms with Gasteiger partial charge in [-0.2, -0.15) is 0 Å². The zero-order valence-corrected chi connectivity index (χ0v) is 18.9. The molecule has 0 radical (unpaired) electrons. The van der Waals surface area contributed by atoms with E-state index in [1.165, 1.54) is 33.5 Å². The molecule has 158 valence electrons. The van der Waals surface area contributed by atoms with Crippen molar-refractivity contribution in [3.8, 4) is 0 Å². The monoisotopic (exact) mass is 457 g/mol. The van der Waals surface area contributed by atoms with Gasteiger partial charge in [0.25, 0.3) is 0 Å². The minimum absolute atomic E-state index is 0.0212. The first-order chi connectivity index (χ1) is 15.7. The van der Waals surface area contributed by atoms with E-state index in [0.717, 1.165) is 35.1 Å². The zero-order chi connectivity index (χ0) is 21.7. The largest absolute Gasteiger partial charge is 0.367 e. The molecule has 5 heteroatoms. The molecule has 1 aromatic heterocycles. The fourth-order valence-corrected chi connectivity index (χ4v) is 5.36. The van der Waals surface area contributed by atoms with Crippen LogP contribution in [-0.4, -0.2) is 22.6 Å². The highest BCUT2D eigenvalue weighted by Crippen LogP contribution is 2.44. The van der Waals surface area contributed by atoms with E-state index in [-0.39, 0.29) is 6.04 Å². The van der Waals surface area contributed by atoms with Crippen molar-refractivity contribution in [2.24, 2.45) is 0 Å². The molecular formula is C27H21Cl2N3. The van der Waals surface area contributed by atoms with E-state index in [1.807, 2.05) is 43.0 Å². The topological polar surface area (TPSA) is 21.1 Å². The molecule has 3 heterocycles. The Bertz CT molecular complexity index is 1320. The summed E-state index contributed by atoms with van der Waals surface area (Å²) in [5, 5.41) is 1.50. The fraction of sp³-hybridized carbons (Fsp3) is 0.148. The van der Waals surface area contributed by atoms with E-state index in [1.54, 1.807) is 0 Å². The van der Waals surface area contributed by atoms with Crippen molar-refractivity contribution in [2.75, 3.05) is 18.0 Å². The lowest BCUT2D eigenvalue weighted by molar-refractivity contribution is 0.676. The summed E-state index contributed by atoms with van der Waals surface area (Å²) in [7, 11) is 0. The zero-order valence-electron chi connectivity index (χ0n) is 17.4. The molecule has 0 saturated carbocycles. The SMILES string of the molecule is Clc1ccc(C(c2cc3c4c(c2)C(c2cccc(Cl)c2)=CCN4CC3)n2ccnc2)cc1. The van der Waals surface area contributed by atoms with Crippen molar-refractivity contribution in [1.82, 2.24) is 9.55 Å². The Morgan fingerprint density at radius 1 is 0.906 bits per heavy atom. The van der Waals surface area contributed by atoms with Gasteiger partial charge in [0, 0.05) is 46.8 Å². The third-order valence-corrected chi connectivity index (χ3v) is 6.93. The van der Waals surface area contributed by atoms with Gasteiger partial charge >= 0.3 is 0 Å². The van der Waals surface area contributed by atoms with E-state index in [0.29, 0.717) is 0 Å². The predicted molar refractivity (Wildman–Crippen MR) is 132 cm³/mol. The van der Waals surface area contributed by atoms with Crippen LogP contribution in [0.2, 0.25) is 10.0 Å². The Morgan fingerprint density at radius 3 is 2.56 bits per heavy atom. The van der Waals surface area contributed by atoms with E-state index >= 15 is 0 Å². The Hall–Kier alpha value is -3.01. The van der Waals surface area contributed by atoms with Crippen LogP contribution in [0, 0.1) is 0 Å². The number of aromatic nitrogens is 2. The molecule has 0 saturated heterocycles. The third kappa shape index (κ3) is 3.33. The minimum Gasteiger partial charge on any atom is -0.367 e. The second-order valence-electron chi connectivity index (χ2n) is 8.36. The van der Waals surface area contributed by atoms with Crippen LogP contribution in [0.1, 0.15) is 33.9 Å². The Labute approximate surface area is 197 Å². The Morgan fingerprint density at radius 2 is 1.78 bits per heavy atom. The number of nitrogens with zero attached hydrogens (tertiary/aromatic N) is 3. The molecular weight excluding hydrogens is 437 g/mol. The quantitative estimate of drug-likeness (QED) is 0.342. The molecule has 0 N–H and O–H groups in total. The standard InChI is InChI=1S/C27H21Cl2N3/c28-22-6-4-18(5-7-22)26(32-13-10-30-17-32)21-14-20-8-11-31-12-9-24(25(16-21)27(20)31)19-2-1-3-23(29)15-19/h1-7,9-10,13-17,26H,8,11-12H2. The summed E-state index contributed by atoms with van der Waals surface area (Å²) in [5.74, 6) is 0. The van der Waals surface area contributed by atoms with Crippen molar-refractivity contribution in [3.63, 3.8) is 0 Å². The first-order valence-electron chi connectivity index (χ1n) is 10.8. The summed E-state index contributed by atoms with van der Waals surface area (Å²) < 4.78 is 2.16. The van der Waals surface area contributed by atoms with E-state index < -0.39 is 0 Å². The number of rotatable bonds is 4. The highest BCUT2D eigenvalue weighted by Gasteiger charge is 2.30. The molecule has 2 aliphatic rings. The average molecular weight is 458 g/mol. The van der Waals surface area contributed by atoms with Crippen molar-refractivity contribution in [1.29, 1.82) is 0 Å². The minimum atomic E-state index is 0.0212. The smallest absolute Gasteiger partial charge is 0.0954 e. The van der Waals surface area contributed by atoms with Gasteiger partial charge in [0.1, 0.15) is 0 Å².